The Kier molecular flexibility index (Phi) is 6.57. The molecular formula is C11H13Br2NO6S2. The van der Waals surface area contributed by atoms with E-state index in [2.05, 4.69) is 31.9 Å². The second-order valence-corrected chi connectivity index (χ2v) is 10.0. The van der Waals surface area contributed by atoms with Crippen molar-refractivity contribution in [1.29, 1.82) is 0 Å². The fourth-order valence-electron chi connectivity index (χ4n) is 1.46. The van der Waals surface area contributed by atoms with Crippen LogP contribution in [0.3, 0.4) is 0 Å². The van der Waals surface area contributed by atoms with Crippen molar-refractivity contribution in [2.75, 3.05) is 11.9 Å². The van der Waals surface area contributed by atoms with E-state index in [0.29, 0.717) is 4.31 Å². The quantitative estimate of drug-likeness (QED) is 0.490. The van der Waals surface area contributed by atoms with Gasteiger partial charge in [0.05, 0.1) is 16.8 Å². The smallest absolute Gasteiger partial charge is 0.279 e. The first-order valence-corrected chi connectivity index (χ1v) is 10.8. The topological polar surface area (TPSA) is 109 Å². The lowest BCUT2D eigenvalue weighted by atomic mass is 10.2. The molecule has 1 aromatic rings. The Morgan fingerprint density at radius 1 is 1.23 bits per heavy atom. The number of sulfonamides is 1. The lowest BCUT2D eigenvalue weighted by molar-refractivity contribution is -0.123. The molecular weight excluding hydrogens is 466 g/mol. The minimum Gasteiger partial charge on any atom is -0.285 e. The molecule has 11 heteroatoms. The highest BCUT2D eigenvalue weighted by atomic mass is 79.9. The third kappa shape index (κ3) is 4.75. The van der Waals surface area contributed by atoms with E-state index in [4.69, 9.17) is 4.55 Å². The van der Waals surface area contributed by atoms with Gasteiger partial charge >= 0.3 is 0 Å². The molecule has 7 nitrogen and oxygen atoms in total. The minimum absolute atomic E-state index is 0.151. The van der Waals surface area contributed by atoms with Crippen LogP contribution in [0.2, 0.25) is 0 Å². The van der Waals surface area contributed by atoms with Crippen LogP contribution < -0.4 is 0 Å². The molecule has 1 N–H and O–H groups in total. The van der Waals surface area contributed by atoms with Crippen molar-refractivity contribution < 1.29 is 26.2 Å². The predicted octanol–water partition coefficient (Wildman–Crippen LogP) is 1.52. The van der Waals surface area contributed by atoms with Crippen LogP contribution in [0, 0.1) is 6.92 Å². The molecule has 0 fully saturated rings. The Labute approximate surface area is 145 Å². The van der Waals surface area contributed by atoms with Gasteiger partial charge in [-0.05, 0) is 19.1 Å². The normalized spacial score (nSPS) is 13.6. The highest BCUT2D eigenvalue weighted by Crippen LogP contribution is 2.20. The van der Waals surface area contributed by atoms with Crippen molar-refractivity contribution in [3.8, 4) is 0 Å². The summed E-state index contributed by atoms with van der Waals surface area (Å²) in [5.41, 5.74) is 0.827. The molecule has 124 valence electrons. The van der Waals surface area contributed by atoms with Crippen LogP contribution >= 0.6 is 31.9 Å². The first-order chi connectivity index (χ1) is 10.00. The maximum Gasteiger partial charge on any atom is 0.279 e. The van der Waals surface area contributed by atoms with Crippen molar-refractivity contribution in [3.05, 3.63) is 29.8 Å². The molecule has 0 radical (unpaired) electrons. The van der Waals surface area contributed by atoms with Gasteiger partial charge in [-0.3, -0.25) is 9.35 Å². The summed E-state index contributed by atoms with van der Waals surface area (Å²) in [6.07, 6.45) is 0. The summed E-state index contributed by atoms with van der Waals surface area (Å²) in [5, 5.41) is -0.316. The van der Waals surface area contributed by atoms with Crippen molar-refractivity contribution in [1.82, 2.24) is 4.31 Å². The summed E-state index contributed by atoms with van der Waals surface area (Å²) in [5.74, 6) is -0.853. The van der Waals surface area contributed by atoms with E-state index in [0.717, 1.165) is 5.56 Å². The van der Waals surface area contributed by atoms with Gasteiger partial charge in [0, 0.05) is 0 Å². The Balaban J connectivity index is 3.27. The van der Waals surface area contributed by atoms with Crippen LogP contribution in [0.4, 0.5) is 0 Å². The van der Waals surface area contributed by atoms with E-state index < -0.39 is 36.8 Å². The third-order valence-corrected chi connectivity index (χ3v) is 7.42. The first kappa shape index (κ1) is 19.6. The van der Waals surface area contributed by atoms with Crippen LogP contribution in [-0.4, -0.2) is 47.6 Å². The maximum atomic E-state index is 12.5. The average molecular weight is 479 g/mol. The summed E-state index contributed by atoms with van der Waals surface area (Å²) in [7, 11) is -8.78. The summed E-state index contributed by atoms with van der Waals surface area (Å²) >= 11 is 5.51. The van der Waals surface area contributed by atoms with Gasteiger partial charge < -0.3 is 0 Å². The van der Waals surface area contributed by atoms with Crippen LogP contribution in [0.25, 0.3) is 0 Å². The summed E-state index contributed by atoms with van der Waals surface area (Å²) in [6, 6.07) is 5.74. The summed E-state index contributed by atoms with van der Waals surface area (Å²) in [4.78, 5) is 11.7. The largest absolute Gasteiger partial charge is 0.285 e. The van der Waals surface area contributed by atoms with Gasteiger partial charge in [0.2, 0.25) is 5.91 Å². The number of benzene rings is 1. The van der Waals surface area contributed by atoms with Crippen LogP contribution in [0.5, 0.6) is 0 Å². The van der Waals surface area contributed by atoms with Crippen molar-refractivity contribution in [2.24, 2.45) is 0 Å². The van der Waals surface area contributed by atoms with E-state index in [9.17, 15) is 21.6 Å². The number of nitrogens with zero attached hydrogens (tertiary/aromatic N) is 1. The van der Waals surface area contributed by atoms with Gasteiger partial charge in [0.15, 0.2) is 4.16 Å². The van der Waals surface area contributed by atoms with E-state index in [-0.39, 0.29) is 10.2 Å². The maximum absolute atomic E-state index is 12.5. The Morgan fingerprint density at radius 2 is 1.73 bits per heavy atom. The van der Waals surface area contributed by atoms with Crippen molar-refractivity contribution in [2.45, 2.75) is 16.0 Å². The third-order valence-electron chi connectivity index (χ3n) is 2.63. The number of halogens is 2. The molecule has 1 atom stereocenters. The molecule has 1 unspecified atom stereocenters. The van der Waals surface area contributed by atoms with E-state index in [1.807, 2.05) is 0 Å². The second-order valence-electron chi connectivity index (χ2n) is 4.30. The number of carbonyl (C=O) groups excluding carboxylic acids is 1. The SMILES string of the molecule is Cc1ccc(S(=O)(=O)N(CC(Br)S(=O)(=O)O)C(=O)CBr)cc1. The fraction of sp³-hybridized carbons (Fsp3) is 0.364. The van der Waals surface area contributed by atoms with Crippen molar-refractivity contribution in [3.63, 3.8) is 0 Å². The van der Waals surface area contributed by atoms with Crippen LogP contribution in [0.1, 0.15) is 5.56 Å². The predicted molar refractivity (Wildman–Crippen MR) is 88.1 cm³/mol. The molecule has 0 aliphatic heterocycles. The summed E-state index contributed by atoms with van der Waals surface area (Å²) in [6.45, 7) is 1.02. The molecule has 0 aliphatic carbocycles. The number of aryl methyl sites for hydroxylation is 1. The lowest BCUT2D eigenvalue weighted by Crippen LogP contribution is -2.42. The zero-order valence-electron chi connectivity index (χ0n) is 11.3. The average Bonchev–Trinajstić information content (AvgIpc) is 2.42. The van der Waals surface area contributed by atoms with E-state index in [1.54, 1.807) is 19.1 Å². The number of amides is 1. The van der Waals surface area contributed by atoms with E-state index in [1.165, 1.54) is 12.1 Å². The highest BCUT2D eigenvalue weighted by molar-refractivity contribution is 9.11. The molecule has 1 amide bonds. The highest BCUT2D eigenvalue weighted by Gasteiger charge is 2.33. The molecule has 0 aliphatic rings. The van der Waals surface area contributed by atoms with Gasteiger partial charge in [0.25, 0.3) is 20.1 Å². The monoisotopic (exact) mass is 477 g/mol. The molecule has 0 spiro atoms. The van der Waals surface area contributed by atoms with Crippen molar-refractivity contribution >= 4 is 57.9 Å². The molecule has 1 aromatic carbocycles. The van der Waals surface area contributed by atoms with Crippen LogP contribution in [-0.2, 0) is 24.9 Å². The fourth-order valence-corrected chi connectivity index (χ4v) is 4.26. The molecule has 22 heavy (non-hydrogen) atoms. The zero-order chi connectivity index (χ0) is 17.1. The summed E-state index contributed by atoms with van der Waals surface area (Å²) < 4.78 is 54.8. The Hall–Kier alpha value is -0.490. The Bertz CT molecular complexity index is 745. The standard InChI is InChI=1S/C11H13Br2NO6S2/c1-8-2-4-9(5-3-8)21(16,17)14(11(15)6-12)7-10(13)22(18,19)20/h2-5,10H,6-7H2,1H3,(H,18,19,20). The second kappa shape index (κ2) is 7.39. The zero-order valence-corrected chi connectivity index (χ0v) is 16.1. The van der Waals surface area contributed by atoms with Gasteiger partial charge in [-0.2, -0.15) is 8.42 Å². The number of alkyl halides is 2. The molecule has 0 heterocycles. The molecule has 0 saturated carbocycles. The number of carbonyl (C=O) groups is 1. The molecule has 0 aromatic heterocycles. The van der Waals surface area contributed by atoms with Gasteiger partial charge in [0.1, 0.15) is 0 Å². The first-order valence-electron chi connectivity index (χ1n) is 5.78. The lowest BCUT2D eigenvalue weighted by Gasteiger charge is -2.23. The van der Waals surface area contributed by atoms with E-state index >= 15 is 0 Å². The number of hydrogen-bond acceptors (Lipinski definition) is 5. The molecule has 1 rings (SSSR count). The number of hydrogen-bond donors (Lipinski definition) is 1. The Morgan fingerprint density at radius 3 is 2.14 bits per heavy atom. The molecule has 0 bridgehead atoms. The molecule has 0 saturated heterocycles. The van der Waals surface area contributed by atoms with Crippen LogP contribution in [0.15, 0.2) is 29.2 Å². The van der Waals surface area contributed by atoms with Gasteiger partial charge in [-0.25, -0.2) is 12.7 Å². The van der Waals surface area contributed by atoms with Gasteiger partial charge in [-0.1, -0.05) is 49.6 Å². The minimum atomic E-state index is -4.55. The number of rotatable bonds is 6. The van der Waals surface area contributed by atoms with Gasteiger partial charge in [-0.15, -0.1) is 0 Å².